The molecule has 0 heterocycles. The van der Waals surface area contributed by atoms with Gasteiger partial charge >= 0.3 is 5.97 Å². The minimum Gasteiger partial charge on any atom is -0.506 e. The number of phenolic OH excluding ortho intramolecular Hbond substituents is 1. The number of aromatic hydroxyl groups is 1. The van der Waals surface area contributed by atoms with E-state index in [1.807, 2.05) is 0 Å². The van der Waals surface area contributed by atoms with Crippen LogP contribution in [0.15, 0.2) is 54.6 Å². The second kappa shape index (κ2) is 8.04. The molecule has 0 aliphatic rings. The Bertz CT molecular complexity index is 1050. The third-order valence-electron chi connectivity index (χ3n) is 4.26. The van der Waals surface area contributed by atoms with Gasteiger partial charge in [-0.05, 0) is 24.4 Å². The predicted molar refractivity (Wildman–Crippen MR) is 98.8 cm³/mol. The highest BCUT2D eigenvalue weighted by atomic mass is 19.1. The Kier molecular flexibility index (Phi) is 5.54. The number of carbonyl (C=O) groups excluding carboxylic acids is 2. The number of carbonyl (C=O) groups is 2. The Balaban J connectivity index is 1.63. The minimum absolute atomic E-state index is 0.0656. The Morgan fingerprint density at radius 3 is 2.61 bits per heavy atom. The van der Waals surface area contributed by atoms with Crippen molar-refractivity contribution in [1.82, 2.24) is 5.32 Å². The molecule has 0 radical (unpaired) electrons. The summed E-state index contributed by atoms with van der Waals surface area (Å²) in [5.41, 5.74) is 0.0392. The van der Waals surface area contributed by atoms with E-state index in [2.05, 4.69) is 5.32 Å². The SMILES string of the molecule is C[C@H](NC(=O)COC(=O)c1ccc2ccccc2c1O)c1ccc(F)cc1F. The first-order valence-electron chi connectivity index (χ1n) is 8.49. The zero-order chi connectivity index (χ0) is 20.3. The van der Waals surface area contributed by atoms with Crippen LogP contribution in [0.2, 0.25) is 0 Å². The number of hydrogen-bond acceptors (Lipinski definition) is 4. The fourth-order valence-electron chi connectivity index (χ4n) is 2.84. The van der Waals surface area contributed by atoms with Crippen molar-refractivity contribution in [3.63, 3.8) is 0 Å². The largest absolute Gasteiger partial charge is 0.506 e. The first kappa shape index (κ1) is 19.3. The van der Waals surface area contributed by atoms with Crippen LogP contribution in [-0.2, 0) is 9.53 Å². The van der Waals surface area contributed by atoms with E-state index < -0.39 is 36.2 Å². The van der Waals surface area contributed by atoms with E-state index in [9.17, 15) is 23.5 Å². The number of benzene rings is 3. The maximum atomic E-state index is 13.8. The first-order valence-corrected chi connectivity index (χ1v) is 8.49. The first-order chi connectivity index (χ1) is 13.4. The van der Waals surface area contributed by atoms with Crippen LogP contribution in [-0.4, -0.2) is 23.6 Å². The van der Waals surface area contributed by atoms with Gasteiger partial charge < -0.3 is 15.2 Å². The Labute approximate surface area is 159 Å². The summed E-state index contributed by atoms with van der Waals surface area (Å²) in [6.45, 7) is 0.906. The average Bonchev–Trinajstić information content (AvgIpc) is 2.66. The van der Waals surface area contributed by atoms with Gasteiger partial charge in [0.2, 0.25) is 0 Å². The third kappa shape index (κ3) is 4.09. The maximum Gasteiger partial charge on any atom is 0.342 e. The molecule has 0 aliphatic carbocycles. The molecule has 7 heteroatoms. The van der Waals surface area contributed by atoms with Crippen LogP contribution in [0.4, 0.5) is 8.78 Å². The molecule has 0 unspecified atom stereocenters. The van der Waals surface area contributed by atoms with Crippen LogP contribution in [0.5, 0.6) is 5.75 Å². The van der Waals surface area contributed by atoms with E-state index in [0.717, 1.165) is 17.5 Å². The molecular formula is C21H17F2NO4. The van der Waals surface area contributed by atoms with Crippen molar-refractivity contribution >= 4 is 22.6 Å². The summed E-state index contributed by atoms with van der Waals surface area (Å²) in [4.78, 5) is 24.2. The highest BCUT2D eigenvalue weighted by molar-refractivity contribution is 6.01. The number of rotatable bonds is 5. The van der Waals surface area contributed by atoms with Crippen molar-refractivity contribution in [1.29, 1.82) is 0 Å². The van der Waals surface area contributed by atoms with Crippen molar-refractivity contribution in [3.05, 3.63) is 77.4 Å². The van der Waals surface area contributed by atoms with E-state index in [1.54, 1.807) is 30.3 Å². The van der Waals surface area contributed by atoms with Gasteiger partial charge in [-0.2, -0.15) is 0 Å². The molecule has 28 heavy (non-hydrogen) atoms. The topological polar surface area (TPSA) is 75.6 Å². The van der Waals surface area contributed by atoms with Crippen LogP contribution < -0.4 is 5.32 Å². The lowest BCUT2D eigenvalue weighted by atomic mass is 10.1. The van der Waals surface area contributed by atoms with Gasteiger partial charge in [-0.25, -0.2) is 13.6 Å². The normalized spacial score (nSPS) is 11.8. The molecule has 0 saturated heterocycles. The van der Waals surface area contributed by atoms with Crippen molar-refractivity contribution in [2.24, 2.45) is 0 Å². The zero-order valence-corrected chi connectivity index (χ0v) is 14.9. The maximum absolute atomic E-state index is 13.8. The standard InChI is InChI=1S/C21H17F2NO4/c1-12(15-9-7-14(22)10-18(15)23)24-19(25)11-28-21(27)17-8-6-13-4-2-3-5-16(13)20(17)26/h2-10,12,26H,11H2,1H3,(H,24,25)/t12-/m0/s1. The highest BCUT2D eigenvalue weighted by Gasteiger charge is 2.18. The number of hydrogen-bond donors (Lipinski definition) is 2. The monoisotopic (exact) mass is 385 g/mol. The van der Waals surface area contributed by atoms with Gasteiger partial charge in [0.15, 0.2) is 6.61 Å². The molecule has 1 amide bonds. The molecule has 3 aromatic rings. The molecule has 0 spiro atoms. The van der Waals surface area contributed by atoms with Gasteiger partial charge in [-0.15, -0.1) is 0 Å². The summed E-state index contributed by atoms with van der Waals surface area (Å²) in [5.74, 6) is -3.26. The van der Waals surface area contributed by atoms with Crippen LogP contribution in [0, 0.1) is 11.6 Å². The summed E-state index contributed by atoms with van der Waals surface area (Å²) < 4.78 is 31.7. The fourth-order valence-corrected chi connectivity index (χ4v) is 2.84. The third-order valence-corrected chi connectivity index (χ3v) is 4.26. The van der Waals surface area contributed by atoms with Gasteiger partial charge in [-0.1, -0.05) is 36.4 Å². The Morgan fingerprint density at radius 1 is 1.11 bits per heavy atom. The highest BCUT2D eigenvalue weighted by Crippen LogP contribution is 2.29. The molecule has 2 N–H and O–H groups in total. The molecule has 3 aromatic carbocycles. The van der Waals surface area contributed by atoms with E-state index in [-0.39, 0.29) is 16.9 Å². The van der Waals surface area contributed by atoms with Gasteiger partial charge in [0.05, 0.1) is 6.04 Å². The number of halogens is 2. The molecule has 0 fully saturated rings. The number of nitrogens with one attached hydrogen (secondary N) is 1. The van der Waals surface area contributed by atoms with Gasteiger partial charge in [0, 0.05) is 17.0 Å². The number of phenols is 1. The molecule has 144 valence electrons. The Hall–Kier alpha value is -3.48. The lowest BCUT2D eigenvalue weighted by Crippen LogP contribution is -2.31. The molecule has 3 rings (SSSR count). The quantitative estimate of drug-likeness (QED) is 0.654. The summed E-state index contributed by atoms with van der Waals surface area (Å²) in [6, 6.07) is 12.3. The van der Waals surface area contributed by atoms with Gasteiger partial charge in [0.25, 0.3) is 5.91 Å². The summed E-state index contributed by atoms with van der Waals surface area (Å²) in [5, 5.41) is 14.0. The van der Waals surface area contributed by atoms with E-state index in [1.165, 1.54) is 19.1 Å². The van der Waals surface area contributed by atoms with E-state index >= 15 is 0 Å². The average molecular weight is 385 g/mol. The van der Waals surface area contributed by atoms with Crippen molar-refractivity contribution < 1.29 is 28.2 Å². The number of fused-ring (bicyclic) bond motifs is 1. The molecule has 0 aliphatic heterocycles. The summed E-state index contributed by atoms with van der Waals surface area (Å²) in [7, 11) is 0. The lowest BCUT2D eigenvalue weighted by Gasteiger charge is -2.15. The predicted octanol–water partition coefficient (Wildman–Crippen LogP) is 3.86. The molecule has 0 aromatic heterocycles. The second-order valence-corrected chi connectivity index (χ2v) is 6.21. The number of amides is 1. The van der Waals surface area contributed by atoms with Crippen molar-refractivity contribution in [3.8, 4) is 5.75 Å². The van der Waals surface area contributed by atoms with Gasteiger partial charge in [-0.3, -0.25) is 4.79 Å². The fraction of sp³-hybridized carbons (Fsp3) is 0.143. The minimum atomic E-state index is -0.862. The van der Waals surface area contributed by atoms with E-state index in [0.29, 0.717) is 5.39 Å². The van der Waals surface area contributed by atoms with Crippen molar-refractivity contribution in [2.45, 2.75) is 13.0 Å². The number of ether oxygens (including phenoxy) is 1. The molecular weight excluding hydrogens is 368 g/mol. The smallest absolute Gasteiger partial charge is 0.342 e. The zero-order valence-electron chi connectivity index (χ0n) is 14.9. The van der Waals surface area contributed by atoms with Crippen molar-refractivity contribution in [2.75, 3.05) is 6.61 Å². The van der Waals surface area contributed by atoms with Crippen LogP contribution >= 0.6 is 0 Å². The molecule has 5 nitrogen and oxygen atoms in total. The second-order valence-electron chi connectivity index (χ2n) is 6.21. The van der Waals surface area contributed by atoms with E-state index in [4.69, 9.17) is 4.74 Å². The number of esters is 1. The van der Waals surface area contributed by atoms with Gasteiger partial charge in [0.1, 0.15) is 22.9 Å². The Morgan fingerprint density at radius 2 is 1.86 bits per heavy atom. The molecule has 1 atom stereocenters. The van der Waals surface area contributed by atoms with Crippen LogP contribution in [0.25, 0.3) is 10.8 Å². The lowest BCUT2D eigenvalue weighted by molar-refractivity contribution is -0.124. The van der Waals surface area contributed by atoms with Crippen LogP contribution in [0.3, 0.4) is 0 Å². The summed E-state index contributed by atoms with van der Waals surface area (Å²) in [6.07, 6.45) is 0. The summed E-state index contributed by atoms with van der Waals surface area (Å²) >= 11 is 0. The molecule has 0 bridgehead atoms. The molecule has 0 saturated carbocycles. The van der Waals surface area contributed by atoms with Crippen LogP contribution in [0.1, 0.15) is 28.9 Å².